The topological polar surface area (TPSA) is 99.2 Å². The Morgan fingerprint density at radius 1 is 1.20 bits per heavy atom. The van der Waals surface area contributed by atoms with E-state index in [2.05, 4.69) is 15.2 Å². The first-order chi connectivity index (χ1) is 14.4. The van der Waals surface area contributed by atoms with Crippen molar-refractivity contribution in [2.45, 2.75) is 26.4 Å². The monoisotopic (exact) mass is 406 g/mol. The molecule has 1 aliphatic rings. The van der Waals surface area contributed by atoms with Gasteiger partial charge < -0.3 is 10.0 Å². The summed E-state index contributed by atoms with van der Waals surface area (Å²) in [7, 11) is 0. The SMILES string of the molecule is Cc1n[nH]c(C)c1/C(O)=C1\C(=O)C(=O)N(Cc2cccnc2)[C@H]1c1ccccc1F. The van der Waals surface area contributed by atoms with Crippen molar-refractivity contribution in [2.75, 3.05) is 0 Å². The zero-order chi connectivity index (χ0) is 21.4. The summed E-state index contributed by atoms with van der Waals surface area (Å²) < 4.78 is 14.8. The van der Waals surface area contributed by atoms with Crippen LogP contribution in [0.25, 0.3) is 5.76 Å². The van der Waals surface area contributed by atoms with Gasteiger partial charge in [-0.1, -0.05) is 24.3 Å². The van der Waals surface area contributed by atoms with E-state index >= 15 is 0 Å². The number of hydrogen-bond acceptors (Lipinski definition) is 5. The number of ketones is 1. The van der Waals surface area contributed by atoms with Crippen LogP contribution in [0.3, 0.4) is 0 Å². The van der Waals surface area contributed by atoms with Crippen molar-refractivity contribution < 1.29 is 19.1 Å². The molecule has 8 heteroatoms. The highest BCUT2D eigenvalue weighted by Crippen LogP contribution is 2.41. The maximum Gasteiger partial charge on any atom is 0.295 e. The smallest absolute Gasteiger partial charge is 0.295 e. The lowest BCUT2D eigenvalue weighted by molar-refractivity contribution is -0.140. The first kappa shape index (κ1) is 19.5. The predicted molar refractivity (Wildman–Crippen MR) is 107 cm³/mol. The first-order valence-electron chi connectivity index (χ1n) is 9.33. The number of pyridine rings is 1. The summed E-state index contributed by atoms with van der Waals surface area (Å²) in [4.78, 5) is 31.2. The summed E-state index contributed by atoms with van der Waals surface area (Å²) in [5, 5.41) is 17.8. The Labute approximate surface area is 171 Å². The molecule has 0 saturated carbocycles. The Bertz CT molecular complexity index is 1150. The Balaban J connectivity index is 1.92. The van der Waals surface area contributed by atoms with Crippen LogP contribution in [0.5, 0.6) is 0 Å². The van der Waals surface area contributed by atoms with Gasteiger partial charge in [-0.15, -0.1) is 0 Å². The summed E-state index contributed by atoms with van der Waals surface area (Å²) >= 11 is 0. The fourth-order valence-corrected chi connectivity index (χ4v) is 3.79. The molecule has 0 radical (unpaired) electrons. The zero-order valence-electron chi connectivity index (χ0n) is 16.4. The molecule has 3 aromatic rings. The van der Waals surface area contributed by atoms with Gasteiger partial charge in [0.15, 0.2) is 0 Å². The van der Waals surface area contributed by atoms with Gasteiger partial charge in [0.25, 0.3) is 11.7 Å². The number of halogens is 1. The molecule has 152 valence electrons. The zero-order valence-corrected chi connectivity index (χ0v) is 16.4. The van der Waals surface area contributed by atoms with Crippen molar-refractivity contribution in [1.82, 2.24) is 20.1 Å². The minimum absolute atomic E-state index is 0.0392. The van der Waals surface area contributed by atoms with Crippen molar-refractivity contribution in [1.29, 1.82) is 0 Å². The van der Waals surface area contributed by atoms with Crippen LogP contribution in [-0.2, 0) is 16.1 Å². The highest BCUT2D eigenvalue weighted by Gasteiger charge is 2.47. The van der Waals surface area contributed by atoms with E-state index in [1.807, 2.05) is 0 Å². The average molecular weight is 406 g/mol. The third-order valence-corrected chi connectivity index (χ3v) is 5.18. The van der Waals surface area contributed by atoms with Gasteiger partial charge in [0.1, 0.15) is 11.6 Å². The number of aliphatic hydroxyl groups excluding tert-OH is 1. The number of amides is 1. The number of aryl methyl sites for hydroxylation is 2. The first-order valence-corrected chi connectivity index (χ1v) is 9.33. The van der Waals surface area contributed by atoms with Crippen LogP contribution in [-0.4, -0.2) is 36.9 Å². The number of nitrogens with zero attached hydrogens (tertiary/aromatic N) is 3. The van der Waals surface area contributed by atoms with Crippen molar-refractivity contribution in [3.8, 4) is 0 Å². The molecular formula is C22H19FN4O3. The second-order valence-electron chi connectivity index (χ2n) is 7.12. The molecule has 1 aliphatic heterocycles. The number of aromatic amines is 1. The van der Waals surface area contributed by atoms with Gasteiger partial charge in [0.2, 0.25) is 0 Å². The van der Waals surface area contributed by atoms with Crippen LogP contribution in [0.1, 0.15) is 34.1 Å². The standard InChI is InChI=1S/C22H19FN4O3/c1-12-17(13(2)26-25-12)20(28)18-19(15-7-3-4-8-16(15)23)27(22(30)21(18)29)11-14-6-5-9-24-10-14/h3-10,19,28H,11H2,1-2H3,(H,25,26)/b20-18+/t19-/m0/s1. The summed E-state index contributed by atoms with van der Waals surface area (Å²) in [5.74, 6) is -2.64. The maximum absolute atomic E-state index is 14.8. The van der Waals surface area contributed by atoms with E-state index in [4.69, 9.17) is 0 Å². The molecule has 1 aromatic carbocycles. The van der Waals surface area contributed by atoms with Crippen molar-refractivity contribution in [2.24, 2.45) is 0 Å². The molecule has 0 spiro atoms. The molecule has 2 N–H and O–H groups in total. The van der Waals surface area contributed by atoms with E-state index < -0.39 is 23.5 Å². The summed E-state index contributed by atoms with van der Waals surface area (Å²) in [5.41, 5.74) is 1.97. The summed E-state index contributed by atoms with van der Waals surface area (Å²) in [6.45, 7) is 3.40. The number of likely N-dealkylation sites (tertiary alicyclic amines) is 1. The minimum Gasteiger partial charge on any atom is -0.507 e. The van der Waals surface area contributed by atoms with E-state index in [9.17, 15) is 19.1 Å². The Hall–Kier alpha value is -3.81. The summed E-state index contributed by atoms with van der Waals surface area (Å²) in [6, 6.07) is 8.29. The van der Waals surface area contributed by atoms with Crippen LogP contribution >= 0.6 is 0 Å². The number of Topliss-reactive ketones (excluding diaryl/α,β-unsaturated/α-hetero) is 1. The Morgan fingerprint density at radius 3 is 2.60 bits per heavy atom. The van der Waals surface area contributed by atoms with E-state index in [-0.39, 0.29) is 23.4 Å². The van der Waals surface area contributed by atoms with Gasteiger partial charge in [-0.25, -0.2) is 4.39 Å². The molecule has 1 fully saturated rings. The molecule has 0 unspecified atom stereocenters. The second-order valence-corrected chi connectivity index (χ2v) is 7.12. The lowest BCUT2D eigenvalue weighted by Crippen LogP contribution is -2.29. The van der Waals surface area contributed by atoms with Crippen molar-refractivity contribution in [3.63, 3.8) is 0 Å². The Morgan fingerprint density at radius 2 is 1.97 bits per heavy atom. The van der Waals surface area contributed by atoms with Crippen LogP contribution in [0.15, 0.2) is 54.4 Å². The molecule has 4 rings (SSSR count). The third-order valence-electron chi connectivity index (χ3n) is 5.18. The average Bonchev–Trinajstić information content (AvgIpc) is 3.20. The van der Waals surface area contributed by atoms with Gasteiger partial charge in [-0.2, -0.15) is 5.10 Å². The van der Waals surface area contributed by atoms with Gasteiger partial charge in [-0.3, -0.25) is 19.7 Å². The molecule has 3 heterocycles. The molecule has 0 bridgehead atoms. The van der Waals surface area contributed by atoms with E-state index in [0.29, 0.717) is 22.5 Å². The minimum atomic E-state index is -1.08. The number of aromatic nitrogens is 3. The van der Waals surface area contributed by atoms with E-state index in [0.717, 1.165) is 0 Å². The van der Waals surface area contributed by atoms with Gasteiger partial charge in [-0.05, 0) is 31.5 Å². The molecule has 7 nitrogen and oxygen atoms in total. The van der Waals surface area contributed by atoms with Crippen molar-refractivity contribution in [3.05, 3.63) is 88.3 Å². The number of aliphatic hydroxyl groups is 1. The molecule has 0 aliphatic carbocycles. The molecule has 1 atom stereocenters. The number of carbonyl (C=O) groups excluding carboxylic acids is 2. The van der Waals surface area contributed by atoms with E-state index in [1.165, 1.54) is 23.1 Å². The molecular weight excluding hydrogens is 387 g/mol. The van der Waals surface area contributed by atoms with Crippen LogP contribution in [0.2, 0.25) is 0 Å². The van der Waals surface area contributed by atoms with E-state index in [1.54, 1.807) is 44.4 Å². The van der Waals surface area contributed by atoms with Gasteiger partial charge in [0, 0.05) is 30.2 Å². The molecule has 30 heavy (non-hydrogen) atoms. The number of benzene rings is 1. The predicted octanol–water partition coefficient (Wildman–Crippen LogP) is 3.18. The number of hydrogen-bond donors (Lipinski definition) is 2. The molecule has 2 aromatic heterocycles. The highest BCUT2D eigenvalue weighted by molar-refractivity contribution is 6.46. The van der Waals surface area contributed by atoms with Gasteiger partial charge >= 0.3 is 0 Å². The fourth-order valence-electron chi connectivity index (χ4n) is 3.79. The quantitative estimate of drug-likeness (QED) is 0.394. The normalized spacial score (nSPS) is 18.2. The fraction of sp³-hybridized carbons (Fsp3) is 0.182. The van der Waals surface area contributed by atoms with Gasteiger partial charge in [0.05, 0.1) is 22.9 Å². The Kier molecular flexibility index (Phi) is 4.91. The number of rotatable bonds is 4. The maximum atomic E-state index is 14.8. The molecule has 1 saturated heterocycles. The number of carbonyl (C=O) groups is 2. The lowest BCUT2D eigenvalue weighted by atomic mass is 9.94. The highest BCUT2D eigenvalue weighted by atomic mass is 19.1. The largest absolute Gasteiger partial charge is 0.507 e. The number of nitrogens with one attached hydrogen (secondary N) is 1. The third kappa shape index (κ3) is 3.16. The summed E-state index contributed by atoms with van der Waals surface area (Å²) in [6.07, 6.45) is 3.17. The lowest BCUT2D eigenvalue weighted by Gasteiger charge is -2.25. The second kappa shape index (κ2) is 7.55. The van der Waals surface area contributed by atoms with Crippen molar-refractivity contribution >= 4 is 17.4 Å². The molecule has 1 amide bonds. The van der Waals surface area contributed by atoms with Crippen LogP contribution in [0.4, 0.5) is 4.39 Å². The van der Waals surface area contributed by atoms with Crippen LogP contribution in [0, 0.1) is 19.7 Å². The number of H-pyrrole nitrogens is 1. The van der Waals surface area contributed by atoms with Crippen LogP contribution < -0.4 is 0 Å².